The molecule has 0 rings (SSSR count). The van der Waals surface area contributed by atoms with Gasteiger partial charge < -0.3 is 1.43 Å². The number of rotatable bonds is 1. The van der Waals surface area contributed by atoms with Crippen molar-refractivity contribution < 1.29 is 67.6 Å². The molecule has 0 unspecified atom stereocenters. The van der Waals surface area contributed by atoms with Crippen LogP contribution in [0.3, 0.4) is 0 Å². The number of hydrogen-bond donors (Lipinski definition) is 1. The van der Waals surface area contributed by atoms with E-state index in [9.17, 15) is 8.42 Å². The third-order valence-electron chi connectivity index (χ3n) is 0.211. The predicted molar refractivity (Wildman–Crippen MR) is 26.9 cm³/mol. The van der Waals surface area contributed by atoms with Crippen LogP contribution < -0.4 is 29.6 Å². The van der Waals surface area contributed by atoms with Crippen molar-refractivity contribution in [1.82, 2.24) is 0 Å². The minimum absolute atomic E-state index is 0. The second kappa shape index (κ2) is 9.78. The van der Waals surface area contributed by atoms with Crippen molar-refractivity contribution in [2.24, 2.45) is 0 Å². The van der Waals surface area contributed by atoms with Crippen molar-refractivity contribution >= 4 is 22.8 Å². The summed E-state index contributed by atoms with van der Waals surface area (Å²) in [6.45, 7) is 0. The molecule has 0 aliphatic heterocycles. The fourth-order valence-corrected chi connectivity index (χ4v) is 0. The van der Waals surface area contributed by atoms with E-state index >= 15 is 0 Å². The van der Waals surface area contributed by atoms with Gasteiger partial charge in [-0.1, -0.05) is 0 Å². The molecule has 8 heteroatoms. The Balaban J connectivity index is -0.0000000208. The molecule has 0 aromatic heterocycles. The van der Waals surface area contributed by atoms with Gasteiger partial charge in [-0.05, 0) is 0 Å². The monoisotopic (exact) mass is 236 g/mol. The maximum Gasteiger partial charge on any atom is 1.00 e. The van der Waals surface area contributed by atoms with Gasteiger partial charge in [0.15, 0.2) is 0 Å². The molecule has 0 saturated carbocycles. The van der Waals surface area contributed by atoms with Gasteiger partial charge in [0.05, 0.1) is 7.11 Å². The Labute approximate surface area is 96.6 Å². The molecule has 1 N–H and O–H groups in total. The molecule has 4 nitrogen and oxygen atoms in total. The number of hydrogen-bond acceptors (Lipinski definition) is 3. The molecule has 0 spiro atoms. The van der Waals surface area contributed by atoms with Crippen LogP contribution in [0.4, 0.5) is 0 Å². The maximum atomic E-state index is 9.33. The molecule has 0 radical (unpaired) electrons. The molecule has 0 saturated heterocycles. The van der Waals surface area contributed by atoms with Crippen molar-refractivity contribution in [2.45, 2.75) is 0 Å². The summed E-state index contributed by atoms with van der Waals surface area (Å²) in [6, 6.07) is 0. The Hall–Kier alpha value is 1.78. The molecule has 0 aliphatic rings. The Morgan fingerprint density at radius 3 is 1.67 bits per heavy atom. The van der Waals surface area contributed by atoms with E-state index in [2.05, 4.69) is 4.18 Å². The van der Waals surface area contributed by atoms with Crippen LogP contribution in [0.1, 0.15) is 1.43 Å². The van der Waals surface area contributed by atoms with Crippen molar-refractivity contribution in [3.8, 4) is 0 Å². The normalized spacial score (nSPS) is 7.78. The van der Waals surface area contributed by atoms with Gasteiger partial charge in [-0.2, -0.15) is 8.42 Å². The predicted octanol–water partition coefficient (Wildman–Crippen LogP) is -3.03. The molecule has 50 valence electrons. The molecule has 0 aromatic carbocycles. The average Bonchev–Trinajstić information content (AvgIpc) is 1.35. The van der Waals surface area contributed by atoms with Crippen molar-refractivity contribution in [3.63, 3.8) is 0 Å². The Bertz CT molecular complexity index is 127. The molecule has 0 bridgehead atoms. The molecule has 0 fully saturated rings. The van der Waals surface area contributed by atoms with E-state index in [1.807, 2.05) is 0 Å². The van der Waals surface area contributed by atoms with Crippen LogP contribution >= 0.6 is 12.4 Å². The second-order valence-electron chi connectivity index (χ2n) is 0.594. The first-order valence-corrected chi connectivity index (χ1v) is 2.46. The summed E-state index contributed by atoms with van der Waals surface area (Å²) in [4.78, 5) is 0. The summed E-state index contributed by atoms with van der Waals surface area (Å²) in [5.74, 6) is 0. The SMILES string of the molecule is COS(=O)(=O)O.Cl.[H-].[Na+].[Zn]. The van der Waals surface area contributed by atoms with Gasteiger partial charge in [-0.15, -0.1) is 12.4 Å². The fraction of sp³-hybridized carbons (Fsp3) is 1.00. The van der Waals surface area contributed by atoms with E-state index in [4.69, 9.17) is 4.55 Å². The van der Waals surface area contributed by atoms with Gasteiger partial charge in [0.25, 0.3) is 0 Å². The van der Waals surface area contributed by atoms with Gasteiger partial charge in [-0.3, -0.25) is 8.74 Å². The summed E-state index contributed by atoms with van der Waals surface area (Å²) in [6.07, 6.45) is 0. The zero-order valence-corrected chi connectivity index (χ0v) is 11.8. The Morgan fingerprint density at radius 2 is 1.67 bits per heavy atom. The molecular weight excluding hydrogens is 232 g/mol. The van der Waals surface area contributed by atoms with Crippen LogP contribution in [0, 0.1) is 0 Å². The maximum absolute atomic E-state index is 9.33. The van der Waals surface area contributed by atoms with Gasteiger partial charge in [0.2, 0.25) is 0 Å². The van der Waals surface area contributed by atoms with Crippen molar-refractivity contribution in [3.05, 3.63) is 0 Å². The zero-order chi connectivity index (χ0) is 5.21. The second-order valence-corrected chi connectivity index (χ2v) is 1.78. The zero-order valence-electron chi connectivity index (χ0n) is 6.20. The molecule has 9 heavy (non-hydrogen) atoms. The summed E-state index contributed by atoms with van der Waals surface area (Å²) >= 11 is 0. The van der Waals surface area contributed by atoms with E-state index in [1.165, 1.54) is 0 Å². The average molecular weight is 238 g/mol. The van der Waals surface area contributed by atoms with Crippen molar-refractivity contribution in [2.75, 3.05) is 7.11 Å². The first-order valence-electron chi connectivity index (χ1n) is 1.09. The van der Waals surface area contributed by atoms with Crippen LogP contribution in [0.15, 0.2) is 0 Å². The summed E-state index contributed by atoms with van der Waals surface area (Å²) in [5.41, 5.74) is 0. The molecule has 0 aromatic rings. The van der Waals surface area contributed by atoms with E-state index in [-0.39, 0.29) is 62.9 Å². The smallest absolute Gasteiger partial charge is 1.00 e. The fourth-order valence-electron chi connectivity index (χ4n) is 0. The van der Waals surface area contributed by atoms with E-state index < -0.39 is 10.4 Å². The van der Waals surface area contributed by atoms with Crippen LogP contribution in [-0.2, 0) is 34.1 Å². The molecule has 0 heterocycles. The minimum atomic E-state index is -4.16. The summed E-state index contributed by atoms with van der Waals surface area (Å²) in [5, 5.41) is 0. The molecule has 0 amide bonds. The first-order chi connectivity index (χ1) is 2.56. The van der Waals surface area contributed by atoms with Gasteiger partial charge in [-0.25, -0.2) is 0 Å². The van der Waals surface area contributed by atoms with Crippen LogP contribution in [0.5, 0.6) is 0 Å². The summed E-state index contributed by atoms with van der Waals surface area (Å²) < 4.78 is 29.7. The molecule has 0 aliphatic carbocycles. The van der Waals surface area contributed by atoms with E-state index in [0.717, 1.165) is 7.11 Å². The topological polar surface area (TPSA) is 63.6 Å². The largest absolute Gasteiger partial charge is 1.00 e. The number of halogens is 1. The standard InChI is InChI=1S/CH4O4S.ClH.Na.Zn.H/c1-5-6(2,3)4;;;;/h1H3,(H,2,3,4);1H;;;/q;;+1;;-1. The Kier molecular flexibility index (Phi) is 24.4. The van der Waals surface area contributed by atoms with Gasteiger partial charge >= 0.3 is 40.0 Å². The van der Waals surface area contributed by atoms with Crippen LogP contribution in [0.25, 0.3) is 0 Å². The minimum Gasteiger partial charge on any atom is -1.00 e. The van der Waals surface area contributed by atoms with E-state index in [1.54, 1.807) is 0 Å². The summed E-state index contributed by atoms with van der Waals surface area (Å²) in [7, 11) is -3.29. The third kappa shape index (κ3) is 25.9. The first kappa shape index (κ1) is 22.4. The van der Waals surface area contributed by atoms with Crippen LogP contribution in [0.2, 0.25) is 0 Å². The third-order valence-corrected chi connectivity index (χ3v) is 0.632. The van der Waals surface area contributed by atoms with Crippen LogP contribution in [-0.4, -0.2) is 20.1 Å². The quantitative estimate of drug-likeness (QED) is 0.390. The molecule has 0 atom stereocenters. The van der Waals surface area contributed by atoms with E-state index in [0.29, 0.717) is 0 Å². The molecular formula is CH6ClNaO4SZn. The Morgan fingerprint density at radius 1 is 1.56 bits per heavy atom. The van der Waals surface area contributed by atoms with Gasteiger partial charge in [0, 0.05) is 19.5 Å². The van der Waals surface area contributed by atoms with Crippen molar-refractivity contribution in [1.29, 1.82) is 0 Å². The van der Waals surface area contributed by atoms with Gasteiger partial charge in [0.1, 0.15) is 0 Å².